The largest absolute Gasteiger partial charge is 0.461 e. The maximum absolute atomic E-state index is 14.8. The predicted octanol–water partition coefficient (Wildman–Crippen LogP) is 4.59. The third-order valence-corrected chi connectivity index (χ3v) is 7.50. The number of hydrogen-bond acceptors (Lipinski definition) is 6. The van der Waals surface area contributed by atoms with Crippen molar-refractivity contribution in [2.24, 2.45) is 0 Å². The first-order chi connectivity index (χ1) is 14.6. The molecule has 3 aliphatic rings. The molecule has 5 heterocycles. The molecule has 0 N–H and O–H groups in total. The molecule has 0 bridgehead atoms. The average Bonchev–Trinajstić information content (AvgIpc) is 3.34. The van der Waals surface area contributed by atoms with Crippen LogP contribution in [-0.4, -0.2) is 57.7 Å². The van der Waals surface area contributed by atoms with E-state index >= 15 is 0 Å². The summed E-state index contributed by atoms with van der Waals surface area (Å²) in [6, 6.07) is 0.880. The second-order valence-corrected chi connectivity index (χ2v) is 9.27. The highest BCUT2D eigenvalue weighted by Gasteiger charge is 2.49. The molecule has 3 fully saturated rings. The van der Waals surface area contributed by atoms with Gasteiger partial charge in [0.15, 0.2) is 11.0 Å². The lowest BCUT2D eigenvalue weighted by molar-refractivity contribution is 0.0836. The minimum Gasteiger partial charge on any atom is -0.461 e. The van der Waals surface area contributed by atoms with Crippen molar-refractivity contribution in [3.63, 3.8) is 0 Å². The van der Waals surface area contributed by atoms with Crippen molar-refractivity contribution in [1.29, 1.82) is 0 Å². The number of pyridine rings is 1. The molecule has 2 aromatic rings. The molecular weight excluding hydrogens is 405 g/mol. The lowest BCUT2D eigenvalue weighted by atomic mass is 9.95. The summed E-state index contributed by atoms with van der Waals surface area (Å²) in [7, 11) is 0. The van der Waals surface area contributed by atoms with Gasteiger partial charge < -0.3 is 9.64 Å². The number of nitrogens with zero attached hydrogens (tertiary/aromatic N) is 5. The zero-order chi connectivity index (χ0) is 20.7. The van der Waals surface area contributed by atoms with Crippen molar-refractivity contribution < 1.29 is 9.13 Å². The highest BCUT2D eigenvalue weighted by atomic mass is 35.5. The molecule has 3 aliphatic heterocycles. The van der Waals surface area contributed by atoms with E-state index in [4.69, 9.17) is 21.3 Å². The standard InChI is InChI=1S/C22H29ClFN5O/c1-2-15-7-9-22(8-6-12-29(15)22)14-30-21-26-18-16(13-25-19(23)17(18)24)20(27-21)28-10-4-3-5-11-28/h13,15H,2-12,14H2,1H3/t15-,22+/m1/s1. The van der Waals surface area contributed by atoms with Crippen molar-refractivity contribution in [3.05, 3.63) is 17.2 Å². The Morgan fingerprint density at radius 1 is 1.17 bits per heavy atom. The summed E-state index contributed by atoms with van der Waals surface area (Å²) in [5.41, 5.74) is 0.262. The van der Waals surface area contributed by atoms with E-state index in [2.05, 4.69) is 26.7 Å². The first-order valence-electron chi connectivity index (χ1n) is 11.3. The Balaban J connectivity index is 1.47. The second-order valence-electron chi connectivity index (χ2n) is 8.91. The Kier molecular flexibility index (Phi) is 5.44. The van der Waals surface area contributed by atoms with Gasteiger partial charge in [-0.2, -0.15) is 9.97 Å². The van der Waals surface area contributed by atoms with Crippen LogP contribution in [0.4, 0.5) is 10.2 Å². The molecule has 2 atom stereocenters. The van der Waals surface area contributed by atoms with Gasteiger partial charge in [0.25, 0.3) is 0 Å². The lowest BCUT2D eigenvalue weighted by Gasteiger charge is -2.34. The van der Waals surface area contributed by atoms with Gasteiger partial charge in [0.1, 0.15) is 17.9 Å². The van der Waals surface area contributed by atoms with Crippen LogP contribution in [0.5, 0.6) is 6.01 Å². The highest BCUT2D eigenvalue weighted by molar-refractivity contribution is 6.30. The average molecular weight is 434 g/mol. The van der Waals surface area contributed by atoms with Crippen molar-refractivity contribution in [1.82, 2.24) is 19.9 Å². The molecule has 0 aliphatic carbocycles. The molecule has 0 saturated carbocycles. The quantitative estimate of drug-likeness (QED) is 0.642. The summed E-state index contributed by atoms with van der Waals surface area (Å²) in [6.45, 7) is 5.74. The molecule has 6 nitrogen and oxygen atoms in total. The zero-order valence-electron chi connectivity index (χ0n) is 17.5. The number of ether oxygens (including phenoxy) is 1. The van der Waals surface area contributed by atoms with Gasteiger partial charge in [0, 0.05) is 25.3 Å². The summed E-state index contributed by atoms with van der Waals surface area (Å²) in [5, 5.41) is 0.428. The smallest absolute Gasteiger partial charge is 0.319 e. The fraction of sp³-hybridized carbons (Fsp3) is 0.682. The Bertz CT molecular complexity index is 937. The lowest BCUT2D eigenvalue weighted by Crippen LogP contribution is -2.46. The molecule has 8 heteroatoms. The molecule has 0 radical (unpaired) electrons. The minimum absolute atomic E-state index is 0.0682. The monoisotopic (exact) mass is 433 g/mol. The molecule has 0 spiro atoms. The van der Waals surface area contributed by atoms with Crippen molar-refractivity contribution >= 4 is 28.3 Å². The Labute approximate surface area is 181 Å². The number of anilines is 1. The van der Waals surface area contributed by atoms with Gasteiger partial charge in [0.05, 0.1) is 10.9 Å². The van der Waals surface area contributed by atoms with Crippen LogP contribution in [0, 0.1) is 5.82 Å². The molecular formula is C22H29ClFN5O. The molecule has 2 aromatic heterocycles. The molecule has 30 heavy (non-hydrogen) atoms. The third kappa shape index (κ3) is 3.40. The van der Waals surface area contributed by atoms with Gasteiger partial charge in [-0.25, -0.2) is 9.37 Å². The topological polar surface area (TPSA) is 54.4 Å². The molecule has 5 rings (SSSR count). The molecule has 162 valence electrons. The summed E-state index contributed by atoms with van der Waals surface area (Å²) in [6.07, 6.45) is 10.9. The van der Waals surface area contributed by atoms with Gasteiger partial charge in [-0.05, 0) is 57.9 Å². The van der Waals surface area contributed by atoms with Crippen LogP contribution in [0.25, 0.3) is 10.9 Å². The van der Waals surface area contributed by atoms with E-state index in [1.807, 2.05) is 0 Å². The number of aromatic nitrogens is 3. The van der Waals surface area contributed by atoms with Crippen LogP contribution in [0.2, 0.25) is 5.15 Å². The van der Waals surface area contributed by atoms with E-state index in [0.29, 0.717) is 23.9 Å². The number of rotatable bonds is 5. The Morgan fingerprint density at radius 3 is 2.80 bits per heavy atom. The maximum Gasteiger partial charge on any atom is 0.319 e. The number of hydrogen-bond donors (Lipinski definition) is 0. The first-order valence-corrected chi connectivity index (χ1v) is 11.7. The minimum atomic E-state index is -0.604. The van der Waals surface area contributed by atoms with Crippen LogP contribution < -0.4 is 9.64 Å². The fourth-order valence-corrected chi connectivity index (χ4v) is 5.79. The number of piperidine rings is 1. The van der Waals surface area contributed by atoms with E-state index in [1.165, 1.54) is 25.7 Å². The maximum atomic E-state index is 14.8. The van der Waals surface area contributed by atoms with Gasteiger partial charge in [0.2, 0.25) is 0 Å². The molecule has 0 amide bonds. The van der Waals surface area contributed by atoms with E-state index in [-0.39, 0.29) is 22.2 Å². The van der Waals surface area contributed by atoms with Crippen LogP contribution in [0.15, 0.2) is 6.20 Å². The van der Waals surface area contributed by atoms with Crippen LogP contribution in [0.3, 0.4) is 0 Å². The highest BCUT2D eigenvalue weighted by Crippen LogP contribution is 2.43. The summed E-state index contributed by atoms with van der Waals surface area (Å²) in [5.74, 6) is 0.101. The van der Waals surface area contributed by atoms with Gasteiger partial charge >= 0.3 is 6.01 Å². The van der Waals surface area contributed by atoms with Crippen LogP contribution >= 0.6 is 11.6 Å². The van der Waals surface area contributed by atoms with Gasteiger partial charge in [-0.1, -0.05) is 18.5 Å². The predicted molar refractivity (Wildman–Crippen MR) is 116 cm³/mol. The van der Waals surface area contributed by atoms with E-state index in [9.17, 15) is 4.39 Å². The van der Waals surface area contributed by atoms with Gasteiger partial charge in [-0.15, -0.1) is 0 Å². The van der Waals surface area contributed by atoms with Gasteiger partial charge in [-0.3, -0.25) is 4.90 Å². The Morgan fingerprint density at radius 2 is 2.00 bits per heavy atom. The van der Waals surface area contributed by atoms with E-state index < -0.39 is 5.82 Å². The first kappa shape index (κ1) is 20.2. The van der Waals surface area contributed by atoms with Crippen molar-refractivity contribution in [3.8, 4) is 6.01 Å². The normalized spacial score (nSPS) is 27.0. The van der Waals surface area contributed by atoms with E-state index in [0.717, 1.165) is 45.3 Å². The third-order valence-electron chi connectivity index (χ3n) is 7.23. The summed E-state index contributed by atoms with van der Waals surface area (Å²) >= 11 is 5.96. The van der Waals surface area contributed by atoms with E-state index in [1.54, 1.807) is 6.20 Å². The van der Waals surface area contributed by atoms with Crippen LogP contribution in [-0.2, 0) is 0 Å². The number of halogens is 2. The zero-order valence-corrected chi connectivity index (χ0v) is 18.3. The fourth-order valence-electron chi connectivity index (χ4n) is 5.65. The SMILES string of the molecule is CC[C@@H]1CC[C@]2(COc3nc(N4CCCCC4)c4cnc(Cl)c(F)c4n3)CCCN12. The molecule has 3 saturated heterocycles. The molecule has 0 aromatic carbocycles. The molecule has 0 unspecified atom stereocenters. The second kappa shape index (κ2) is 8.08. The van der Waals surface area contributed by atoms with Crippen LogP contribution in [0.1, 0.15) is 58.3 Å². The Hall–Kier alpha value is -1.73. The number of fused-ring (bicyclic) bond motifs is 2. The van der Waals surface area contributed by atoms with Crippen molar-refractivity contribution in [2.75, 3.05) is 31.1 Å². The summed E-state index contributed by atoms with van der Waals surface area (Å²) < 4.78 is 21.0. The summed E-state index contributed by atoms with van der Waals surface area (Å²) in [4.78, 5) is 18.0. The van der Waals surface area contributed by atoms with Crippen molar-refractivity contribution in [2.45, 2.75) is 69.9 Å².